The molecule has 0 unspecified atom stereocenters. The number of nitrogens with zero attached hydrogens (tertiary/aromatic N) is 1. The third kappa shape index (κ3) is 5.60. The number of hydrogen-bond acceptors (Lipinski definition) is 5. The Morgan fingerprint density at radius 2 is 1.64 bits per heavy atom. The molecule has 6 nitrogen and oxygen atoms in total. The van der Waals surface area contributed by atoms with E-state index in [2.05, 4.69) is 15.6 Å². The molecule has 0 bridgehead atoms. The smallest absolute Gasteiger partial charge is 0.399 e. The van der Waals surface area contributed by atoms with Gasteiger partial charge in [0.25, 0.3) is 5.91 Å². The summed E-state index contributed by atoms with van der Waals surface area (Å²) in [7, 11) is -0.408. The van der Waals surface area contributed by atoms with Gasteiger partial charge in [0.05, 0.1) is 22.8 Å². The van der Waals surface area contributed by atoms with Gasteiger partial charge >= 0.3 is 7.12 Å². The number of nitrogens with one attached hydrogen (secondary N) is 2. The summed E-state index contributed by atoms with van der Waals surface area (Å²) in [4.78, 5) is 17.5. The average molecular weight is 489 g/mol. The van der Waals surface area contributed by atoms with E-state index in [9.17, 15) is 9.18 Å². The Balaban J connectivity index is 1.42. The van der Waals surface area contributed by atoms with Crippen LogP contribution in [0.15, 0.2) is 60.8 Å². The lowest BCUT2D eigenvalue weighted by atomic mass is 9.79. The largest absolute Gasteiger partial charge is 0.494 e. The van der Waals surface area contributed by atoms with E-state index in [0.29, 0.717) is 17.9 Å². The second kappa shape index (κ2) is 10.0. The first-order valence-electron chi connectivity index (χ1n) is 12.2. The highest BCUT2D eigenvalue weighted by Gasteiger charge is 2.51. The Kier molecular flexibility index (Phi) is 7.20. The van der Waals surface area contributed by atoms with Gasteiger partial charge in [0.1, 0.15) is 11.6 Å². The minimum absolute atomic E-state index is 0.248. The van der Waals surface area contributed by atoms with Crippen molar-refractivity contribution in [3.63, 3.8) is 0 Å². The average Bonchev–Trinajstić information content (AvgIpc) is 3.05. The zero-order valence-corrected chi connectivity index (χ0v) is 21.7. The third-order valence-corrected chi connectivity index (χ3v) is 6.95. The van der Waals surface area contributed by atoms with Crippen molar-refractivity contribution in [1.29, 1.82) is 0 Å². The molecular weight excluding hydrogens is 456 g/mol. The predicted molar refractivity (Wildman–Crippen MR) is 141 cm³/mol. The highest BCUT2D eigenvalue weighted by Crippen LogP contribution is 2.36. The standard InChI is InChI=1S/C28H33BFN3O3/c1-18-15-24(26(34)33-19(2)21-9-13-23(30)14-10-21)25(31-16-18)32-17-20-7-11-22(12-8-20)29-35-27(3,4)28(5,6)36-29/h7-16,19H,17H2,1-6H3,(H,31,32)(H,33,34)/t19-/m0/s1. The summed E-state index contributed by atoms with van der Waals surface area (Å²) >= 11 is 0. The molecule has 1 aromatic heterocycles. The van der Waals surface area contributed by atoms with Crippen LogP contribution in [-0.2, 0) is 15.9 Å². The number of halogens is 1. The first-order chi connectivity index (χ1) is 16.9. The highest BCUT2D eigenvalue weighted by atomic mass is 19.1. The molecule has 3 aromatic rings. The zero-order valence-electron chi connectivity index (χ0n) is 21.7. The van der Waals surface area contributed by atoms with Crippen LogP contribution in [-0.4, -0.2) is 29.2 Å². The van der Waals surface area contributed by atoms with E-state index in [0.717, 1.165) is 22.2 Å². The molecule has 1 amide bonds. The van der Waals surface area contributed by atoms with Crippen LogP contribution in [0.2, 0.25) is 0 Å². The molecule has 0 aliphatic carbocycles. The molecule has 1 atom stereocenters. The molecule has 0 spiro atoms. The molecule has 1 saturated heterocycles. The topological polar surface area (TPSA) is 72.5 Å². The zero-order chi connectivity index (χ0) is 26.1. The van der Waals surface area contributed by atoms with Crippen molar-refractivity contribution in [2.75, 3.05) is 5.32 Å². The molecule has 8 heteroatoms. The normalized spacial score (nSPS) is 17.0. The lowest BCUT2D eigenvalue weighted by Crippen LogP contribution is -2.41. The molecule has 2 heterocycles. The SMILES string of the molecule is Cc1cnc(NCc2ccc(B3OC(C)(C)C(C)(C)O3)cc2)c(C(=O)N[C@@H](C)c2ccc(F)cc2)c1. The number of carbonyl (C=O) groups excluding carboxylic acids is 1. The quantitative estimate of drug-likeness (QED) is 0.461. The number of pyridine rings is 1. The number of aryl methyl sites for hydroxylation is 1. The van der Waals surface area contributed by atoms with Crippen LogP contribution in [0.25, 0.3) is 0 Å². The number of amides is 1. The van der Waals surface area contributed by atoms with Gasteiger partial charge in [-0.05, 0) is 81.9 Å². The maximum Gasteiger partial charge on any atom is 0.494 e. The van der Waals surface area contributed by atoms with E-state index in [1.807, 2.05) is 71.9 Å². The van der Waals surface area contributed by atoms with Crippen molar-refractivity contribution in [2.24, 2.45) is 0 Å². The Bertz CT molecular complexity index is 1210. The summed E-state index contributed by atoms with van der Waals surface area (Å²) in [5.74, 6) is -0.0586. The van der Waals surface area contributed by atoms with E-state index in [1.165, 1.54) is 12.1 Å². The monoisotopic (exact) mass is 489 g/mol. The van der Waals surface area contributed by atoms with E-state index in [1.54, 1.807) is 18.3 Å². The van der Waals surface area contributed by atoms with Gasteiger partial charge in [-0.25, -0.2) is 9.37 Å². The Morgan fingerprint density at radius 1 is 1.03 bits per heavy atom. The fourth-order valence-electron chi connectivity index (χ4n) is 3.95. The van der Waals surface area contributed by atoms with Gasteiger partial charge in [0.15, 0.2) is 0 Å². The first kappa shape index (κ1) is 25.9. The van der Waals surface area contributed by atoms with Crippen molar-refractivity contribution >= 4 is 24.3 Å². The molecule has 188 valence electrons. The molecule has 1 fully saturated rings. The predicted octanol–water partition coefficient (Wildman–Crippen LogP) is 4.93. The Hall–Kier alpha value is -3.23. The molecule has 2 N–H and O–H groups in total. The fraction of sp³-hybridized carbons (Fsp3) is 0.357. The molecular formula is C28H33BFN3O3. The van der Waals surface area contributed by atoms with Crippen molar-refractivity contribution in [1.82, 2.24) is 10.3 Å². The summed E-state index contributed by atoms with van der Waals surface area (Å²) in [6.07, 6.45) is 1.73. The molecule has 4 rings (SSSR count). The number of hydrogen-bond donors (Lipinski definition) is 2. The number of benzene rings is 2. The van der Waals surface area contributed by atoms with Crippen LogP contribution >= 0.6 is 0 Å². The summed E-state index contributed by atoms with van der Waals surface area (Å²) in [6, 6.07) is 15.7. The number of carbonyl (C=O) groups is 1. The lowest BCUT2D eigenvalue weighted by Gasteiger charge is -2.32. The van der Waals surface area contributed by atoms with Gasteiger partial charge < -0.3 is 19.9 Å². The van der Waals surface area contributed by atoms with Crippen molar-refractivity contribution < 1.29 is 18.5 Å². The van der Waals surface area contributed by atoms with Gasteiger partial charge in [-0.15, -0.1) is 0 Å². The lowest BCUT2D eigenvalue weighted by molar-refractivity contribution is 0.00578. The van der Waals surface area contributed by atoms with Gasteiger partial charge in [-0.2, -0.15) is 0 Å². The summed E-state index contributed by atoms with van der Waals surface area (Å²) < 4.78 is 25.5. The maximum absolute atomic E-state index is 13.2. The van der Waals surface area contributed by atoms with Crippen LogP contribution in [0.4, 0.5) is 10.2 Å². The molecule has 0 saturated carbocycles. The molecule has 0 radical (unpaired) electrons. The van der Waals surface area contributed by atoms with E-state index < -0.39 is 7.12 Å². The van der Waals surface area contributed by atoms with Crippen molar-refractivity contribution in [3.05, 3.63) is 88.9 Å². The summed E-state index contributed by atoms with van der Waals surface area (Å²) in [5.41, 5.74) is 3.37. The van der Waals surface area contributed by atoms with Crippen LogP contribution < -0.4 is 16.1 Å². The highest BCUT2D eigenvalue weighted by molar-refractivity contribution is 6.62. The van der Waals surface area contributed by atoms with Crippen molar-refractivity contribution in [2.45, 2.75) is 65.3 Å². The van der Waals surface area contributed by atoms with E-state index in [4.69, 9.17) is 9.31 Å². The van der Waals surface area contributed by atoms with Crippen LogP contribution in [0.3, 0.4) is 0 Å². The van der Waals surface area contributed by atoms with Gasteiger partial charge in [-0.3, -0.25) is 4.79 Å². The molecule has 36 heavy (non-hydrogen) atoms. The molecule has 1 aliphatic heterocycles. The van der Waals surface area contributed by atoms with Crippen LogP contribution in [0.1, 0.15) is 67.7 Å². The van der Waals surface area contributed by atoms with E-state index >= 15 is 0 Å². The number of aromatic nitrogens is 1. The molecule has 2 aromatic carbocycles. The molecule has 1 aliphatic rings. The second-order valence-electron chi connectivity index (χ2n) is 10.3. The van der Waals surface area contributed by atoms with Crippen LogP contribution in [0.5, 0.6) is 0 Å². The second-order valence-corrected chi connectivity index (χ2v) is 10.3. The number of rotatable bonds is 7. The van der Waals surface area contributed by atoms with Gasteiger partial charge in [-0.1, -0.05) is 36.4 Å². The van der Waals surface area contributed by atoms with Gasteiger partial charge in [0, 0.05) is 12.7 Å². The van der Waals surface area contributed by atoms with Crippen LogP contribution in [0, 0.1) is 12.7 Å². The minimum atomic E-state index is -0.408. The van der Waals surface area contributed by atoms with Crippen molar-refractivity contribution in [3.8, 4) is 0 Å². The maximum atomic E-state index is 13.2. The number of anilines is 1. The first-order valence-corrected chi connectivity index (χ1v) is 12.2. The van der Waals surface area contributed by atoms with E-state index in [-0.39, 0.29) is 29.0 Å². The fourth-order valence-corrected chi connectivity index (χ4v) is 3.95. The Labute approximate surface area is 212 Å². The summed E-state index contributed by atoms with van der Waals surface area (Å²) in [6.45, 7) is 12.4. The minimum Gasteiger partial charge on any atom is -0.399 e. The Morgan fingerprint density at radius 3 is 2.25 bits per heavy atom. The van der Waals surface area contributed by atoms with Gasteiger partial charge in [0.2, 0.25) is 0 Å². The summed E-state index contributed by atoms with van der Waals surface area (Å²) in [5, 5.41) is 6.27. The third-order valence-electron chi connectivity index (χ3n) is 6.95.